The predicted molar refractivity (Wildman–Crippen MR) is 123 cm³/mol. The van der Waals surface area contributed by atoms with E-state index in [1.165, 1.54) is 16.8 Å². The molecule has 1 aliphatic heterocycles. The van der Waals surface area contributed by atoms with Gasteiger partial charge in [0.1, 0.15) is 0 Å². The third-order valence-electron chi connectivity index (χ3n) is 5.36. The summed E-state index contributed by atoms with van der Waals surface area (Å²) in [4.78, 5) is 11.3. The molecule has 156 valence electrons. The van der Waals surface area contributed by atoms with Crippen LogP contribution in [0.1, 0.15) is 24.5 Å². The average molecular weight is 403 g/mol. The molecule has 0 spiro atoms. The second kappa shape index (κ2) is 9.96. The number of guanidine groups is 1. The van der Waals surface area contributed by atoms with E-state index in [1.807, 2.05) is 18.7 Å². The minimum Gasteiger partial charge on any atom is -0.369 e. The zero-order chi connectivity index (χ0) is 20.6. The van der Waals surface area contributed by atoms with Gasteiger partial charge in [-0.1, -0.05) is 42.5 Å². The maximum absolute atomic E-state index is 4.81. The van der Waals surface area contributed by atoms with Crippen LogP contribution in [0.3, 0.4) is 0 Å². The van der Waals surface area contributed by atoms with Crippen molar-refractivity contribution in [2.45, 2.75) is 32.5 Å². The maximum atomic E-state index is 4.81. The van der Waals surface area contributed by atoms with Gasteiger partial charge < -0.3 is 20.1 Å². The lowest BCUT2D eigenvalue weighted by molar-refractivity contribution is 0.649. The topological polar surface area (TPSA) is 57.5 Å². The summed E-state index contributed by atoms with van der Waals surface area (Å²) in [5.74, 6) is 0.889. The Morgan fingerprint density at radius 2 is 1.90 bits per heavy atom. The Morgan fingerprint density at radius 1 is 1.10 bits per heavy atom. The third-order valence-corrected chi connectivity index (χ3v) is 5.36. The molecular formula is C24H30N6. The molecule has 30 heavy (non-hydrogen) atoms. The van der Waals surface area contributed by atoms with Crippen molar-refractivity contribution in [3.8, 4) is 0 Å². The number of benzene rings is 2. The van der Waals surface area contributed by atoms with E-state index in [2.05, 4.69) is 86.6 Å². The van der Waals surface area contributed by atoms with Crippen LogP contribution in [0.15, 0.2) is 78.3 Å². The van der Waals surface area contributed by atoms with Crippen molar-refractivity contribution in [1.29, 1.82) is 0 Å². The van der Waals surface area contributed by atoms with Crippen LogP contribution >= 0.6 is 0 Å². The zero-order valence-corrected chi connectivity index (χ0v) is 17.5. The van der Waals surface area contributed by atoms with E-state index in [0.29, 0.717) is 12.6 Å². The number of para-hydroxylation sites is 1. The number of imidazole rings is 1. The average Bonchev–Trinajstić information content (AvgIpc) is 3.46. The molecule has 0 amide bonds. The van der Waals surface area contributed by atoms with Crippen LogP contribution in [0, 0.1) is 0 Å². The van der Waals surface area contributed by atoms with E-state index in [-0.39, 0.29) is 0 Å². The van der Waals surface area contributed by atoms with Crippen molar-refractivity contribution in [3.63, 3.8) is 0 Å². The molecule has 0 saturated carbocycles. The molecule has 1 atom stereocenters. The van der Waals surface area contributed by atoms with Gasteiger partial charge in [0.25, 0.3) is 0 Å². The van der Waals surface area contributed by atoms with Crippen molar-refractivity contribution in [2.75, 3.05) is 24.5 Å². The van der Waals surface area contributed by atoms with E-state index in [0.717, 1.165) is 38.6 Å². The summed E-state index contributed by atoms with van der Waals surface area (Å²) in [6, 6.07) is 19.7. The first kappa shape index (κ1) is 20.0. The maximum Gasteiger partial charge on any atom is 0.191 e. The molecule has 0 aliphatic carbocycles. The summed E-state index contributed by atoms with van der Waals surface area (Å²) in [6.45, 7) is 6.53. The predicted octanol–water partition coefficient (Wildman–Crippen LogP) is 3.27. The van der Waals surface area contributed by atoms with Crippen molar-refractivity contribution < 1.29 is 0 Å². The second-order valence-electron chi connectivity index (χ2n) is 7.66. The number of hydrogen-bond acceptors (Lipinski definition) is 3. The van der Waals surface area contributed by atoms with Gasteiger partial charge in [0.15, 0.2) is 5.96 Å². The molecule has 1 fully saturated rings. The molecule has 2 N–H and O–H groups in total. The standard InChI is InChI=1S/C24H30N6/c1-2-26-24(28-22-12-14-30(18-22)23-6-4-3-5-7-23)27-16-20-8-10-21(11-9-20)17-29-15-13-25-19-29/h3-11,13,15,19,22H,2,12,14,16-18H2,1H3,(H2,26,27,28). The monoisotopic (exact) mass is 402 g/mol. The number of aliphatic imine (C=N–C) groups is 1. The normalized spacial score (nSPS) is 16.6. The molecule has 6 nitrogen and oxygen atoms in total. The number of rotatable bonds is 7. The molecule has 1 aromatic heterocycles. The van der Waals surface area contributed by atoms with Crippen LogP contribution < -0.4 is 15.5 Å². The highest BCUT2D eigenvalue weighted by atomic mass is 15.2. The van der Waals surface area contributed by atoms with E-state index < -0.39 is 0 Å². The molecule has 1 saturated heterocycles. The molecule has 6 heteroatoms. The van der Waals surface area contributed by atoms with Crippen molar-refractivity contribution >= 4 is 11.6 Å². The van der Waals surface area contributed by atoms with Crippen LogP contribution in [-0.2, 0) is 13.1 Å². The number of nitrogens with zero attached hydrogens (tertiary/aromatic N) is 4. The molecule has 1 unspecified atom stereocenters. The minimum absolute atomic E-state index is 0.403. The Balaban J connectivity index is 1.32. The highest BCUT2D eigenvalue weighted by molar-refractivity contribution is 5.80. The minimum atomic E-state index is 0.403. The summed E-state index contributed by atoms with van der Waals surface area (Å²) in [5, 5.41) is 7.00. The summed E-state index contributed by atoms with van der Waals surface area (Å²) in [5.41, 5.74) is 3.76. The number of nitrogens with one attached hydrogen (secondary N) is 2. The second-order valence-corrected chi connectivity index (χ2v) is 7.66. The lowest BCUT2D eigenvalue weighted by Gasteiger charge is -2.20. The molecule has 1 aliphatic rings. The van der Waals surface area contributed by atoms with Crippen LogP contribution in [0.4, 0.5) is 5.69 Å². The van der Waals surface area contributed by atoms with Gasteiger partial charge in [0.2, 0.25) is 0 Å². The smallest absolute Gasteiger partial charge is 0.191 e. The molecule has 2 heterocycles. The first-order valence-electron chi connectivity index (χ1n) is 10.7. The summed E-state index contributed by atoms with van der Waals surface area (Å²) in [6.07, 6.45) is 6.74. The number of aromatic nitrogens is 2. The Labute approximate surface area is 178 Å². The van der Waals surface area contributed by atoms with Gasteiger partial charge in [-0.2, -0.15) is 0 Å². The zero-order valence-electron chi connectivity index (χ0n) is 17.5. The van der Waals surface area contributed by atoms with Gasteiger partial charge in [0.05, 0.1) is 12.9 Å². The fourth-order valence-corrected chi connectivity index (χ4v) is 3.78. The van der Waals surface area contributed by atoms with Gasteiger partial charge in [-0.25, -0.2) is 9.98 Å². The number of hydrogen-bond donors (Lipinski definition) is 2. The first-order chi connectivity index (χ1) is 14.8. The molecule has 3 aromatic rings. The largest absolute Gasteiger partial charge is 0.369 e. The highest BCUT2D eigenvalue weighted by Crippen LogP contribution is 2.19. The molecule has 2 aromatic carbocycles. The highest BCUT2D eigenvalue weighted by Gasteiger charge is 2.23. The summed E-state index contributed by atoms with van der Waals surface area (Å²) >= 11 is 0. The van der Waals surface area contributed by atoms with Crippen molar-refractivity contribution in [2.24, 2.45) is 4.99 Å². The Morgan fingerprint density at radius 3 is 2.63 bits per heavy atom. The van der Waals surface area contributed by atoms with Crippen LogP contribution in [0.2, 0.25) is 0 Å². The summed E-state index contributed by atoms with van der Waals surface area (Å²) < 4.78 is 2.07. The summed E-state index contributed by atoms with van der Waals surface area (Å²) in [7, 11) is 0. The van der Waals surface area contributed by atoms with Crippen molar-refractivity contribution in [3.05, 3.63) is 84.4 Å². The Kier molecular flexibility index (Phi) is 6.65. The van der Waals surface area contributed by atoms with Crippen molar-refractivity contribution in [1.82, 2.24) is 20.2 Å². The van der Waals surface area contributed by atoms with Gasteiger partial charge in [-0.15, -0.1) is 0 Å². The Hall–Kier alpha value is -3.28. The Bertz CT molecular complexity index is 918. The lowest BCUT2D eigenvalue weighted by Crippen LogP contribution is -2.44. The van der Waals surface area contributed by atoms with E-state index in [1.54, 1.807) is 0 Å². The van der Waals surface area contributed by atoms with Gasteiger partial charge in [-0.05, 0) is 36.6 Å². The van der Waals surface area contributed by atoms with E-state index >= 15 is 0 Å². The third kappa shape index (κ3) is 5.41. The fraction of sp³-hybridized carbons (Fsp3) is 0.333. The lowest BCUT2D eigenvalue weighted by atomic mass is 10.1. The van der Waals surface area contributed by atoms with Crippen LogP contribution in [-0.4, -0.2) is 41.2 Å². The van der Waals surface area contributed by atoms with E-state index in [4.69, 9.17) is 4.99 Å². The quantitative estimate of drug-likeness (QED) is 0.470. The first-order valence-corrected chi connectivity index (χ1v) is 10.7. The van der Waals surface area contributed by atoms with Gasteiger partial charge in [-0.3, -0.25) is 0 Å². The fourth-order valence-electron chi connectivity index (χ4n) is 3.78. The SMILES string of the molecule is CCNC(=NCc1ccc(Cn2ccnc2)cc1)NC1CCN(c2ccccc2)C1. The molecule has 0 bridgehead atoms. The van der Waals surface area contributed by atoms with Gasteiger partial charge in [0, 0.05) is 50.3 Å². The molecule has 0 radical (unpaired) electrons. The molecule has 4 rings (SSSR count). The molecular weight excluding hydrogens is 372 g/mol. The van der Waals surface area contributed by atoms with E-state index in [9.17, 15) is 0 Å². The number of anilines is 1. The van der Waals surface area contributed by atoms with Crippen LogP contribution in [0.5, 0.6) is 0 Å². The van der Waals surface area contributed by atoms with Crippen LogP contribution in [0.25, 0.3) is 0 Å². The van der Waals surface area contributed by atoms with Gasteiger partial charge >= 0.3 is 0 Å².